The first-order valence-corrected chi connectivity index (χ1v) is 9.44. The van der Waals surface area contributed by atoms with Crippen molar-refractivity contribution in [3.63, 3.8) is 0 Å². The number of ether oxygens (including phenoxy) is 1. The highest BCUT2D eigenvalue weighted by atomic mass is 35.5. The highest BCUT2D eigenvalue weighted by molar-refractivity contribution is 7.15. The molecule has 0 atom stereocenters. The van der Waals surface area contributed by atoms with E-state index in [-0.39, 0.29) is 15.7 Å². The zero-order valence-electron chi connectivity index (χ0n) is 15.1. The summed E-state index contributed by atoms with van der Waals surface area (Å²) in [5.41, 5.74) is -3.51. The molecule has 6 nitrogen and oxygen atoms in total. The zero-order chi connectivity index (χ0) is 21.7. The van der Waals surface area contributed by atoms with E-state index in [1.807, 2.05) is 0 Å². The molecule has 0 saturated heterocycles. The molecule has 0 bridgehead atoms. The summed E-state index contributed by atoms with van der Waals surface area (Å²) < 4.78 is 45.2. The van der Waals surface area contributed by atoms with Gasteiger partial charge in [-0.25, -0.2) is 14.3 Å². The smallest absolute Gasteiger partial charge is 0.431 e. The number of hydrogen-bond acceptors (Lipinski definition) is 5. The van der Waals surface area contributed by atoms with E-state index in [1.54, 1.807) is 6.92 Å². The van der Waals surface area contributed by atoms with Gasteiger partial charge >= 0.3 is 11.9 Å². The Morgan fingerprint density at radius 3 is 2.34 bits per heavy atom. The molecule has 2 heterocycles. The van der Waals surface area contributed by atoms with E-state index in [0.717, 1.165) is 11.9 Å². The van der Waals surface area contributed by atoms with Gasteiger partial charge in [0.05, 0.1) is 27.7 Å². The van der Waals surface area contributed by atoms with Crippen LogP contribution in [0, 0.1) is 6.92 Å². The number of thiazole rings is 1. The van der Waals surface area contributed by atoms with Crippen LogP contribution in [-0.2, 0) is 13.2 Å². The number of methoxy groups -OCH3 is 1. The number of hydrogen-bond donors (Lipinski definition) is 0. The van der Waals surface area contributed by atoms with Gasteiger partial charge in [-0.2, -0.15) is 13.2 Å². The van der Waals surface area contributed by atoms with Crippen LogP contribution in [0.5, 0.6) is 5.88 Å². The molecule has 0 fully saturated rings. The second-order valence-electron chi connectivity index (χ2n) is 5.91. The number of aryl methyl sites for hydroxylation is 1. The predicted octanol–water partition coefficient (Wildman–Crippen LogP) is 4.30. The lowest BCUT2D eigenvalue weighted by Crippen LogP contribution is -2.40. The molecule has 12 heteroatoms. The van der Waals surface area contributed by atoms with E-state index in [1.165, 1.54) is 30.6 Å². The van der Waals surface area contributed by atoms with Crippen LogP contribution in [0.15, 0.2) is 27.8 Å². The van der Waals surface area contributed by atoms with Crippen molar-refractivity contribution in [3.8, 4) is 22.1 Å². The molecule has 2 aromatic heterocycles. The zero-order valence-corrected chi connectivity index (χ0v) is 17.4. The SMILES string of the molecule is COc1nc(-c2cc(-n3c(=O)cc(C(F)(F)F)n(C)c3=O)c(Cl)cc2Cl)sc1C. The summed E-state index contributed by atoms with van der Waals surface area (Å²) in [6.07, 6.45) is -4.87. The van der Waals surface area contributed by atoms with Gasteiger partial charge in [-0.1, -0.05) is 23.2 Å². The van der Waals surface area contributed by atoms with Crippen LogP contribution in [0.1, 0.15) is 10.6 Å². The van der Waals surface area contributed by atoms with Gasteiger partial charge in [0.15, 0.2) is 0 Å². The molecule has 0 aliphatic rings. The van der Waals surface area contributed by atoms with E-state index in [4.69, 9.17) is 27.9 Å². The summed E-state index contributed by atoms with van der Waals surface area (Å²) in [5, 5.41) is 0.531. The van der Waals surface area contributed by atoms with Crippen LogP contribution in [0.4, 0.5) is 13.2 Å². The molecule has 0 radical (unpaired) electrons. The summed E-state index contributed by atoms with van der Waals surface area (Å²) in [6.45, 7) is 1.78. The van der Waals surface area contributed by atoms with Gasteiger partial charge in [0.1, 0.15) is 10.7 Å². The van der Waals surface area contributed by atoms with Crippen LogP contribution < -0.4 is 16.0 Å². The molecule has 0 N–H and O–H groups in total. The number of benzene rings is 1. The molecule has 0 aliphatic carbocycles. The molecule has 0 unspecified atom stereocenters. The fourth-order valence-corrected chi connectivity index (χ4v) is 4.21. The molecule has 0 saturated carbocycles. The fraction of sp³-hybridized carbons (Fsp3) is 0.235. The van der Waals surface area contributed by atoms with E-state index in [2.05, 4.69) is 4.98 Å². The Kier molecular flexibility index (Phi) is 5.54. The Morgan fingerprint density at radius 2 is 1.79 bits per heavy atom. The Labute approximate surface area is 175 Å². The third-order valence-electron chi connectivity index (χ3n) is 4.07. The van der Waals surface area contributed by atoms with Crippen LogP contribution in [-0.4, -0.2) is 21.2 Å². The summed E-state index contributed by atoms with van der Waals surface area (Å²) in [4.78, 5) is 30.0. The van der Waals surface area contributed by atoms with Gasteiger partial charge in [0, 0.05) is 18.7 Å². The predicted molar refractivity (Wildman–Crippen MR) is 105 cm³/mol. The third kappa shape index (κ3) is 3.79. The first-order valence-electron chi connectivity index (χ1n) is 7.87. The van der Waals surface area contributed by atoms with Crippen LogP contribution in [0.2, 0.25) is 10.0 Å². The van der Waals surface area contributed by atoms with Crippen molar-refractivity contribution in [2.45, 2.75) is 13.1 Å². The molecular weight excluding hydrogens is 454 g/mol. The number of alkyl halides is 3. The van der Waals surface area contributed by atoms with E-state index >= 15 is 0 Å². The Hall–Kier alpha value is -2.30. The summed E-state index contributed by atoms with van der Waals surface area (Å²) in [5.74, 6) is 0.375. The molecule has 0 spiro atoms. The minimum atomic E-state index is -4.87. The molecule has 0 aliphatic heterocycles. The van der Waals surface area contributed by atoms with Gasteiger partial charge in [0.25, 0.3) is 5.56 Å². The topological polar surface area (TPSA) is 66.1 Å². The molecule has 3 aromatic rings. The van der Waals surface area contributed by atoms with Gasteiger partial charge < -0.3 is 4.74 Å². The largest absolute Gasteiger partial charge is 0.480 e. The molecule has 3 rings (SSSR count). The maximum absolute atomic E-state index is 13.1. The lowest BCUT2D eigenvalue weighted by Gasteiger charge is -2.15. The minimum Gasteiger partial charge on any atom is -0.480 e. The number of halogens is 5. The number of rotatable bonds is 3. The summed E-state index contributed by atoms with van der Waals surface area (Å²) in [7, 11) is 2.37. The average molecular weight is 466 g/mol. The van der Waals surface area contributed by atoms with Crippen molar-refractivity contribution in [2.75, 3.05) is 7.11 Å². The maximum atomic E-state index is 13.1. The standard InChI is InChI=1S/C17H12Cl2F3N3O3S/c1-7-14(28-3)23-15(29-7)8-4-11(10(19)5-9(8)18)25-13(26)6-12(17(20,21)22)24(2)16(25)27/h4-6H,1-3H3. The maximum Gasteiger partial charge on any atom is 0.431 e. The normalized spacial score (nSPS) is 11.7. The molecule has 29 heavy (non-hydrogen) atoms. The Balaban J connectivity index is 2.29. The van der Waals surface area contributed by atoms with Crippen molar-refractivity contribution in [1.29, 1.82) is 0 Å². The van der Waals surface area contributed by atoms with Crippen molar-refractivity contribution >= 4 is 34.5 Å². The Morgan fingerprint density at radius 1 is 1.14 bits per heavy atom. The van der Waals surface area contributed by atoms with Crippen molar-refractivity contribution in [3.05, 3.63) is 59.7 Å². The van der Waals surface area contributed by atoms with Gasteiger partial charge in [-0.3, -0.25) is 9.36 Å². The minimum absolute atomic E-state index is 0.0852. The van der Waals surface area contributed by atoms with Crippen LogP contribution >= 0.6 is 34.5 Å². The van der Waals surface area contributed by atoms with Crippen LogP contribution in [0.25, 0.3) is 16.3 Å². The first-order chi connectivity index (χ1) is 13.5. The van der Waals surface area contributed by atoms with Gasteiger partial charge in [-0.05, 0) is 19.1 Å². The lowest BCUT2D eigenvalue weighted by atomic mass is 10.2. The highest BCUT2D eigenvalue weighted by Crippen LogP contribution is 2.38. The van der Waals surface area contributed by atoms with Gasteiger partial charge in [0.2, 0.25) is 5.88 Å². The van der Waals surface area contributed by atoms with Crippen molar-refractivity contribution < 1.29 is 17.9 Å². The first kappa shape index (κ1) is 21.4. The fourth-order valence-electron chi connectivity index (χ4n) is 2.68. The van der Waals surface area contributed by atoms with Crippen LogP contribution in [0.3, 0.4) is 0 Å². The van der Waals surface area contributed by atoms with Crippen molar-refractivity contribution in [2.24, 2.45) is 7.05 Å². The van der Waals surface area contributed by atoms with E-state index < -0.39 is 23.1 Å². The lowest BCUT2D eigenvalue weighted by molar-refractivity contribution is -0.144. The quantitative estimate of drug-likeness (QED) is 0.578. The average Bonchev–Trinajstić information content (AvgIpc) is 2.99. The second kappa shape index (κ2) is 7.51. The molecular formula is C17H12Cl2F3N3O3S. The van der Waals surface area contributed by atoms with E-state index in [9.17, 15) is 22.8 Å². The summed E-state index contributed by atoms with van der Waals surface area (Å²) >= 11 is 13.7. The summed E-state index contributed by atoms with van der Waals surface area (Å²) in [6, 6.07) is 2.96. The monoisotopic (exact) mass is 465 g/mol. The third-order valence-corrected chi connectivity index (χ3v) is 5.67. The molecule has 0 amide bonds. The number of aromatic nitrogens is 3. The molecule has 154 valence electrons. The molecule has 1 aromatic carbocycles. The highest BCUT2D eigenvalue weighted by Gasteiger charge is 2.35. The van der Waals surface area contributed by atoms with Gasteiger partial charge in [-0.15, -0.1) is 11.3 Å². The van der Waals surface area contributed by atoms with E-state index in [0.29, 0.717) is 31.7 Å². The van der Waals surface area contributed by atoms with Crippen molar-refractivity contribution in [1.82, 2.24) is 14.1 Å². The Bertz CT molecular complexity index is 1230. The number of nitrogens with zero attached hydrogens (tertiary/aromatic N) is 3. The second-order valence-corrected chi connectivity index (χ2v) is 7.93.